The monoisotopic (exact) mass is 689 g/mol. The molecule has 17 nitrogen and oxygen atoms in total. The Balaban J connectivity index is -0.000000555. The first kappa shape index (κ1) is 40.4. The van der Waals surface area contributed by atoms with Gasteiger partial charge in [0.1, 0.15) is 0 Å². The predicted octanol–water partition coefficient (Wildman–Crippen LogP) is -2.41. The van der Waals surface area contributed by atoms with Crippen LogP contribution in [0.5, 0.6) is 0 Å². The average Bonchev–Trinajstić information content (AvgIpc) is 3.33. The van der Waals surface area contributed by atoms with Crippen LogP contribution in [0.2, 0.25) is 0 Å². The van der Waals surface area contributed by atoms with Crippen molar-refractivity contribution in [2.75, 3.05) is 0 Å². The maximum atomic E-state index is 10.7. The average molecular weight is 689 g/mol. The van der Waals surface area contributed by atoms with Gasteiger partial charge in [0.2, 0.25) is 0 Å². The van der Waals surface area contributed by atoms with Crippen molar-refractivity contribution in [1.29, 1.82) is 0 Å². The second kappa shape index (κ2) is 18.3. The van der Waals surface area contributed by atoms with Gasteiger partial charge in [0.15, 0.2) is 11.6 Å². The molecule has 8 N–H and O–H groups in total. The van der Waals surface area contributed by atoms with Crippen LogP contribution in [0.1, 0.15) is 43.8 Å². The Morgan fingerprint density at radius 3 is 1.25 bits per heavy atom. The number of hydrogen-bond donors (Lipinski definition) is 0. The van der Waals surface area contributed by atoms with E-state index in [1.54, 1.807) is 33.6 Å². The fourth-order valence-corrected chi connectivity index (χ4v) is 3.03. The minimum Gasteiger partial charge on any atom is -0.543 e. The Kier molecular flexibility index (Phi) is 18.5. The summed E-state index contributed by atoms with van der Waals surface area (Å²) < 4.78 is 3.20. The van der Waals surface area contributed by atoms with Gasteiger partial charge in [-0.1, -0.05) is 12.1 Å². The largest absolute Gasteiger partial charge is 3.00 e. The number of carbonyl (C=O) groups is 2. The molecule has 0 radical (unpaired) electrons. The summed E-state index contributed by atoms with van der Waals surface area (Å²) in [5, 5.41) is 44.5. The van der Waals surface area contributed by atoms with E-state index in [0.29, 0.717) is 11.6 Å². The van der Waals surface area contributed by atoms with Crippen molar-refractivity contribution in [2.24, 2.45) is 0 Å². The van der Waals surface area contributed by atoms with Crippen LogP contribution in [0.25, 0.3) is 11.6 Å². The van der Waals surface area contributed by atoms with E-state index >= 15 is 0 Å². The molecule has 0 aliphatic carbocycles. The number of hydrogen-bond acceptors (Lipinski definition) is 11. The number of rotatable bonds is 4. The Bertz CT molecular complexity index is 1300. The van der Waals surface area contributed by atoms with Crippen molar-refractivity contribution in [2.45, 2.75) is 27.7 Å². The molecule has 212 valence electrons. The van der Waals surface area contributed by atoms with Crippen LogP contribution in [-0.4, -0.2) is 52.0 Å². The first-order chi connectivity index (χ1) is 16.9. The van der Waals surface area contributed by atoms with Gasteiger partial charge in [0.25, 0.3) is 0 Å². The fraction of sp³-hybridized carbons (Fsp3) is 0.182. The summed E-state index contributed by atoms with van der Waals surface area (Å²) in [5.74, 6) is -1.62. The molecule has 18 heteroatoms. The normalized spacial score (nSPS) is 8.90. The van der Waals surface area contributed by atoms with Gasteiger partial charge in [-0.05, 0) is 64.1 Å². The van der Waals surface area contributed by atoms with Crippen molar-refractivity contribution >= 4 is 11.9 Å². The molecule has 4 aromatic heterocycles. The van der Waals surface area contributed by atoms with Crippen molar-refractivity contribution in [3.05, 3.63) is 98.0 Å². The first-order valence-electron chi connectivity index (χ1n) is 10.1. The van der Waals surface area contributed by atoms with E-state index < -0.39 is 17.0 Å². The van der Waals surface area contributed by atoms with Gasteiger partial charge in [-0.25, -0.2) is 19.3 Å². The van der Waals surface area contributed by atoms with Gasteiger partial charge in [-0.15, -0.1) is 0 Å². The van der Waals surface area contributed by atoms with Gasteiger partial charge in [-0.3, -0.25) is 0 Å². The maximum absolute atomic E-state index is 10.7. The maximum Gasteiger partial charge on any atom is 3.00 e. The molecule has 4 rings (SSSR count). The zero-order valence-electron chi connectivity index (χ0n) is 21.8. The van der Waals surface area contributed by atoms with E-state index in [4.69, 9.17) is 15.3 Å². The number of nitrogens with zero attached hydrogens (tertiary/aromatic N) is 7. The summed E-state index contributed by atoms with van der Waals surface area (Å²) in [6.07, 6.45) is 0. The smallest absolute Gasteiger partial charge is 0.543 e. The van der Waals surface area contributed by atoms with Gasteiger partial charge >= 0.3 is 35.6 Å². The minimum absolute atomic E-state index is 0. The Labute approximate surface area is 254 Å². The van der Waals surface area contributed by atoms with Gasteiger partial charge < -0.3 is 51.6 Å². The zero-order valence-corrected chi connectivity index (χ0v) is 25.5. The third-order valence-corrected chi connectivity index (χ3v) is 4.34. The number of carboxylic acid groups (broad SMARTS) is 2. The van der Waals surface area contributed by atoms with Crippen molar-refractivity contribution in [3.8, 4) is 11.6 Å². The molecule has 0 saturated heterocycles. The first-order valence-corrected chi connectivity index (χ1v) is 10.1. The van der Waals surface area contributed by atoms with E-state index in [1.165, 1.54) is 12.1 Å². The zero-order chi connectivity index (χ0) is 27.0. The molecule has 0 aromatic carbocycles. The van der Waals surface area contributed by atoms with E-state index in [-0.39, 0.29) is 63.4 Å². The topological polar surface area (TPSA) is 305 Å². The summed E-state index contributed by atoms with van der Waals surface area (Å²) in [6, 6.07) is 13.2. The molecule has 0 aliphatic rings. The minimum atomic E-state index is -1.75. The quantitative estimate of drug-likeness (QED) is 0.123. The Morgan fingerprint density at radius 2 is 1.02 bits per heavy atom. The standard InChI is InChI=1S/2C11H11N3O2.La.NO3.3H2O/c2*1-7-6-8(2)14(13-7)10-5-3-4-9(12-10)11(15)16;;2-1(3)4;;;/h2*3-6H,1-2H3,(H,15,16);;;3*1H2/q;;+3;-1;;;. The molecule has 0 aliphatic heterocycles. The van der Waals surface area contributed by atoms with E-state index in [9.17, 15) is 19.8 Å². The van der Waals surface area contributed by atoms with Crippen LogP contribution in [-0.2, 0) is 11.0 Å². The van der Waals surface area contributed by atoms with Crippen molar-refractivity contribution < 1.29 is 76.9 Å². The third kappa shape index (κ3) is 11.8. The second-order valence-corrected chi connectivity index (χ2v) is 7.24. The van der Waals surface area contributed by atoms with Gasteiger partial charge in [0, 0.05) is 11.4 Å². The van der Waals surface area contributed by atoms with Crippen molar-refractivity contribution in [1.82, 2.24) is 29.5 Å². The molecule has 4 heterocycles. The molecule has 0 unspecified atom stereocenters. The van der Waals surface area contributed by atoms with E-state index in [0.717, 1.165) is 22.8 Å². The molecule has 4 aromatic rings. The number of aromatic nitrogens is 6. The van der Waals surface area contributed by atoms with E-state index in [1.807, 2.05) is 39.8 Å². The number of aromatic carboxylic acids is 2. The Morgan fingerprint density at radius 1 is 0.725 bits per heavy atom. The van der Waals surface area contributed by atoms with Crippen LogP contribution in [0.15, 0.2) is 48.5 Å². The van der Waals surface area contributed by atoms with Gasteiger partial charge in [0.05, 0.1) is 39.8 Å². The third-order valence-electron chi connectivity index (χ3n) is 4.34. The van der Waals surface area contributed by atoms with Gasteiger partial charge in [-0.2, -0.15) is 10.2 Å². The SMILES string of the molecule is Cc1cc(C)n(-c2cccc(C(=O)[O-])n2)n1.Cc1cc(C)n(-c2cccc(C(=O)[O-])n2)n1.O.O=[N+]([O-])[O-].[La+3].[OH3+].[OH3+]. The number of carboxylic acids is 2. The Hall–Kier alpha value is -4.07. The summed E-state index contributed by atoms with van der Waals surface area (Å²) in [7, 11) is 0. The summed E-state index contributed by atoms with van der Waals surface area (Å²) in [4.78, 5) is 37.5. The molecular weight excluding hydrogens is 661 g/mol. The number of pyridine rings is 2. The second-order valence-electron chi connectivity index (χ2n) is 7.24. The molecule has 0 atom stereocenters. The van der Waals surface area contributed by atoms with Crippen LogP contribution in [0, 0.1) is 78.6 Å². The summed E-state index contributed by atoms with van der Waals surface area (Å²) in [5.41, 5.74) is 3.34. The molecule has 0 fully saturated rings. The van der Waals surface area contributed by atoms with Crippen LogP contribution < -0.4 is 10.2 Å². The summed E-state index contributed by atoms with van der Waals surface area (Å²) >= 11 is 0. The molecular formula is C22H28LaN7O10+2. The predicted molar refractivity (Wildman–Crippen MR) is 134 cm³/mol. The summed E-state index contributed by atoms with van der Waals surface area (Å²) in [6.45, 7) is 7.50. The molecule has 0 amide bonds. The van der Waals surface area contributed by atoms with Crippen LogP contribution >= 0.6 is 0 Å². The molecule has 0 bridgehead atoms. The van der Waals surface area contributed by atoms with Crippen LogP contribution in [0.3, 0.4) is 0 Å². The number of aryl methyl sites for hydroxylation is 4. The van der Waals surface area contributed by atoms with Crippen molar-refractivity contribution in [3.63, 3.8) is 0 Å². The van der Waals surface area contributed by atoms with E-state index in [2.05, 4.69) is 20.2 Å². The molecule has 0 saturated carbocycles. The fourth-order valence-electron chi connectivity index (χ4n) is 3.03. The molecule has 0 spiro atoms. The number of carbonyl (C=O) groups excluding carboxylic acids is 2. The molecule has 40 heavy (non-hydrogen) atoms. The van der Waals surface area contributed by atoms with Crippen LogP contribution in [0.4, 0.5) is 0 Å².